The minimum atomic E-state index is -4.68. The molecule has 142 valence electrons. The van der Waals surface area contributed by atoms with Crippen LogP contribution >= 0.6 is 19.2 Å². The fraction of sp³-hybridized carbons (Fsp3) is 0.333. The molecule has 2 N–H and O–H groups in total. The third kappa shape index (κ3) is 7.46. The van der Waals surface area contributed by atoms with E-state index >= 15 is 0 Å². The number of benzene rings is 2. The largest absolute Gasteiger partial charge is 0.808 e. The zero-order chi connectivity index (χ0) is 19.2. The SMILES string of the molecule is CC(Cc1ccc(OCP(=O)([O-])[O-])cc1)NCC(O)c1cccc(Cl)c1. The Labute approximate surface area is 157 Å². The first-order valence-electron chi connectivity index (χ1n) is 8.12. The minimum absolute atomic E-state index is 0.110. The molecule has 2 atom stereocenters. The lowest BCUT2D eigenvalue weighted by Gasteiger charge is -2.28. The molecule has 0 saturated heterocycles. The van der Waals surface area contributed by atoms with Gasteiger partial charge in [-0.2, -0.15) is 0 Å². The van der Waals surface area contributed by atoms with Crippen molar-refractivity contribution in [3.05, 3.63) is 64.7 Å². The summed E-state index contributed by atoms with van der Waals surface area (Å²) in [5.41, 5.74) is 1.77. The van der Waals surface area contributed by atoms with Gasteiger partial charge in [0.1, 0.15) is 12.1 Å². The van der Waals surface area contributed by atoms with Gasteiger partial charge in [-0.25, -0.2) is 0 Å². The Kier molecular flexibility index (Phi) is 7.65. The highest BCUT2D eigenvalue weighted by atomic mass is 35.5. The maximum atomic E-state index is 10.6. The number of aliphatic hydroxyl groups is 1. The molecule has 0 aliphatic carbocycles. The van der Waals surface area contributed by atoms with Crippen molar-refractivity contribution >= 4 is 19.2 Å². The number of rotatable bonds is 9. The molecule has 0 radical (unpaired) electrons. The second-order valence-corrected chi connectivity index (χ2v) is 8.03. The Morgan fingerprint density at radius 2 is 1.92 bits per heavy atom. The first-order valence-corrected chi connectivity index (χ1v) is 10.2. The summed E-state index contributed by atoms with van der Waals surface area (Å²) >= 11 is 5.93. The van der Waals surface area contributed by atoms with Gasteiger partial charge in [0.15, 0.2) is 0 Å². The van der Waals surface area contributed by atoms with Crippen LogP contribution in [0.15, 0.2) is 48.5 Å². The van der Waals surface area contributed by atoms with Crippen LogP contribution in [0, 0.1) is 0 Å². The van der Waals surface area contributed by atoms with Gasteiger partial charge in [0.25, 0.3) is 0 Å². The molecule has 0 aliphatic heterocycles. The van der Waals surface area contributed by atoms with Crippen LogP contribution in [0.4, 0.5) is 0 Å². The summed E-state index contributed by atoms with van der Waals surface area (Å²) in [6.45, 7) is 2.39. The van der Waals surface area contributed by atoms with Gasteiger partial charge < -0.3 is 29.5 Å². The van der Waals surface area contributed by atoms with E-state index in [1.54, 1.807) is 42.5 Å². The maximum Gasteiger partial charge on any atom is 0.119 e. The number of hydrogen-bond acceptors (Lipinski definition) is 6. The third-order valence-electron chi connectivity index (χ3n) is 3.75. The summed E-state index contributed by atoms with van der Waals surface area (Å²) in [5, 5.41) is 14.1. The summed E-state index contributed by atoms with van der Waals surface area (Å²) in [6.07, 6.45) is -0.794. The fourth-order valence-electron chi connectivity index (χ4n) is 2.45. The Morgan fingerprint density at radius 1 is 1.23 bits per heavy atom. The summed E-state index contributed by atoms with van der Waals surface area (Å²) in [7, 11) is -4.68. The number of nitrogens with one attached hydrogen (secondary N) is 1. The molecule has 26 heavy (non-hydrogen) atoms. The normalized spacial score (nSPS) is 14.0. The molecule has 0 amide bonds. The van der Waals surface area contributed by atoms with Crippen molar-refractivity contribution in [2.45, 2.75) is 25.5 Å². The maximum absolute atomic E-state index is 10.6. The van der Waals surface area contributed by atoms with Gasteiger partial charge in [-0.15, -0.1) is 0 Å². The molecule has 2 aromatic carbocycles. The van der Waals surface area contributed by atoms with Gasteiger partial charge in [-0.05, 0) is 56.3 Å². The first-order chi connectivity index (χ1) is 12.2. The van der Waals surface area contributed by atoms with E-state index in [-0.39, 0.29) is 6.04 Å². The highest BCUT2D eigenvalue weighted by Gasteiger charge is 2.10. The van der Waals surface area contributed by atoms with E-state index in [1.807, 2.05) is 13.0 Å². The molecular weight excluding hydrogens is 377 g/mol. The molecule has 0 fully saturated rings. The molecule has 0 aromatic heterocycles. The molecule has 0 spiro atoms. The number of aliphatic hydroxyl groups excluding tert-OH is 1. The van der Waals surface area contributed by atoms with Gasteiger partial charge in [0.2, 0.25) is 0 Å². The van der Waals surface area contributed by atoms with Crippen LogP contribution in [0.25, 0.3) is 0 Å². The quantitative estimate of drug-likeness (QED) is 0.626. The van der Waals surface area contributed by atoms with Crippen LogP contribution in [0.1, 0.15) is 24.2 Å². The zero-order valence-corrected chi connectivity index (χ0v) is 16.0. The minimum Gasteiger partial charge on any atom is -0.808 e. The van der Waals surface area contributed by atoms with E-state index in [0.717, 1.165) is 11.1 Å². The number of halogens is 1. The average Bonchev–Trinajstić information content (AvgIpc) is 2.58. The highest BCUT2D eigenvalue weighted by Crippen LogP contribution is 2.24. The van der Waals surface area contributed by atoms with E-state index in [9.17, 15) is 19.5 Å². The molecule has 2 aromatic rings. The molecule has 0 heterocycles. The Balaban J connectivity index is 1.80. The third-order valence-corrected chi connectivity index (χ3v) is 4.43. The Bertz CT molecular complexity index is 750. The second kappa shape index (κ2) is 9.51. The van der Waals surface area contributed by atoms with Crippen molar-refractivity contribution in [2.24, 2.45) is 0 Å². The van der Waals surface area contributed by atoms with Crippen LogP contribution < -0.4 is 19.8 Å². The van der Waals surface area contributed by atoms with E-state index in [0.29, 0.717) is 23.7 Å². The Morgan fingerprint density at radius 3 is 2.54 bits per heavy atom. The van der Waals surface area contributed by atoms with Crippen LogP contribution in [0.5, 0.6) is 5.75 Å². The fourth-order valence-corrected chi connectivity index (χ4v) is 2.95. The van der Waals surface area contributed by atoms with Crippen molar-refractivity contribution in [3.8, 4) is 5.75 Å². The highest BCUT2D eigenvalue weighted by molar-refractivity contribution is 7.48. The predicted molar refractivity (Wildman–Crippen MR) is 97.1 cm³/mol. The molecular formula is C18H21ClNO5P-2. The summed E-state index contributed by atoms with van der Waals surface area (Å²) in [6, 6.07) is 14.1. The van der Waals surface area contributed by atoms with Crippen LogP contribution in [0.3, 0.4) is 0 Å². The number of ether oxygens (including phenoxy) is 1. The molecule has 2 unspecified atom stereocenters. The van der Waals surface area contributed by atoms with Crippen LogP contribution in [-0.4, -0.2) is 24.0 Å². The molecule has 0 bridgehead atoms. The van der Waals surface area contributed by atoms with Gasteiger partial charge in [-0.3, -0.25) is 0 Å². The van der Waals surface area contributed by atoms with Gasteiger partial charge >= 0.3 is 0 Å². The average molecular weight is 398 g/mol. The smallest absolute Gasteiger partial charge is 0.119 e. The number of hydrogen-bond donors (Lipinski definition) is 2. The molecule has 0 aliphatic rings. The van der Waals surface area contributed by atoms with Crippen molar-refractivity contribution in [3.63, 3.8) is 0 Å². The van der Waals surface area contributed by atoms with Crippen LogP contribution in [-0.2, 0) is 11.0 Å². The van der Waals surface area contributed by atoms with Gasteiger partial charge in [0.05, 0.1) is 6.10 Å². The molecule has 6 nitrogen and oxygen atoms in total. The summed E-state index contributed by atoms with van der Waals surface area (Å²) in [4.78, 5) is 21.2. The lowest BCUT2D eigenvalue weighted by Crippen LogP contribution is -2.32. The standard InChI is InChI=1S/C18H23ClNO5P/c1-13(20-11-18(21)15-3-2-4-16(19)10-15)9-14-5-7-17(8-6-14)25-12-26(22,23)24/h2-8,10,13,18,20-21H,9,11-12H2,1H3,(H2,22,23,24)/p-2. The topological polar surface area (TPSA) is 105 Å². The molecule has 2 rings (SSSR count). The van der Waals surface area contributed by atoms with Crippen molar-refractivity contribution < 1.29 is 24.2 Å². The van der Waals surface area contributed by atoms with Crippen LogP contribution in [0.2, 0.25) is 5.02 Å². The second-order valence-electron chi connectivity index (χ2n) is 6.11. The van der Waals surface area contributed by atoms with Crippen molar-refractivity contribution in [1.82, 2.24) is 5.32 Å². The van der Waals surface area contributed by atoms with Gasteiger partial charge in [-0.1, -0.05) is 35.9 Å². The predicted octanol–water partition coefficient (Wildman–Crippen LogP) is 1.84. The van der Waals surface area contributed by atoms with E-state index in [4.69, 9.17) is 16.3 Å². The summed E-state index contributed by atoms with van der Waals surface area (Å²) in [5.74, 6) is 0.331. The zero-order valence-electron chi connectivity index (χ0n) is 14.3. The van der Waals surface area contributed by atoms with E-state index in [1.165, 1.54) is 0 Å². The molecule has 0 saturated carbocycles. The summed E-state index contributed by atoms with van der Waals surface area (Å²) < 4.78 is 15.5. The van der Waals surface area contributed by atoms with Crippen molar-refractivity contribution in [1.29, 1.82) is 0 Å². The van der Waals surface area contributed by atoms with E-state index < -0.39 is 20.0 Å². The Hall–Kier alpha value is -1.40. The molecule has 8 heteroatoms. The van der Waals surface area contributed by atoms with E-state index in [2.05, 4.69) is 5.32 Å². The monoisotopic (exact) mass is 397 g/mol. The first kappa shape index (κ1) is 20.9. The van der Waals surface area contributed by atoms with Gasteiger partial charge in [0, 0.05) is 17.6 Å². The lowest BCUT2D eigenvalue weighted by molar-refractivity contribution is -0.316. The lowest BCUT2D eigenvalue weighted by atomic mass is 10.1. The van der Waals surface area contributed by atoms with Crippen molar-refractivity contribution in [2.75, 3.05) is 12.9 Å².